The topological polar surface area (TPSA) is 20.2 Å². The van der Waals surface area contributed by atoms with Gasteiger partial charge in [0.05, 0.1) is 6.10 Å². The van der Waals surface area contributed by atoms with E-state index in [4.69, 9.17) is 0 Å². The third-order valence-electron chi connectivity index (χ3n) is 4.77. The first-order valence-electron chi connectivity index (χ1n) is 7.56. The highest BCUT2D eigenvalue weighted by atomic mass is 16.3. The van der Waals surface area contributed by atoms with E-state index < -0.39 is 0 Å². The fraction of sp³-hybridized carbons (Fsp3) is 1.00. The summed E-state index contributed by atoms with van der Waals surface area (Å²) in [6.45, 7) is 0. The lowest BCUT2D eigenvalue weighted by Crippen LogP contribution is -2.28. The first-order valence-corrected chi connectivity index (χ1v) is 7.56. The Hall–Kier alpha value is -0.0400. The van der Waals surface area contributed by atoms with Crippen LogP contribution in [0, 0.1) is 11.8 Å². The van der Waals surface area contributed by atoms with Gasteiger partial charge < -0.3 is 5.11 Å². The van der Waals surface area contributed by atoms with Crippen molar-refractivity contribution in [2.45, 2.75) is 83.2 Å². The Morgan fingerprint density at radius 1 is 0.562 bits per heavy atom. The van der Waals surface area contributed by atoms with E-state index in [1.54, 1.807) is 0 Å². The lowest BCUT2D eigenvalue weighted by atomic mass is 9.82. The van der Waals surface area contributed by atoms with Crippen molar-refractivity contribution in [1.82, 2.24) is 0 Å². The van der Waals surface area contributed by atoms with Crippen molar-refractivity contribution < 1.29 is 5.11 Å². The van der Waals surface area contributed by atoms with Gasteiger partial charge in [-0.1, -0.05) is 51.4 Å². The van der Waals surface area contributed by atoms with Crippen LogP contribution in [0.15, 0.2) is 0 Å². The summed E-state index contributed by atoms with van der Waals surface area (Å²) in [7, 11) is 0. The van der Waals surface area contributed by atoms with Crippen LogP contribution in [0.5, 0.6) is 0 Å². The number of hydrogen-bond acceptors (Lipinski definition) is 1. The maximum Gasteiger partial charge on any atom is 0.0596 e. The molecule has 0 aromatic rings. The second-order valence-electron chi connectivity index (χ2n) is 5.99. The van der Waals surface area contributed by atoms with E-state index in [0.29, 0.717) is 11.8 Å². The SMILES string of the molecule is OC(C1CCCCCC1)C1CCCCCC1. The van der Waals surface area contributed by atoms with Gasteiger partial charge in [-0.25, -0.2) is 0 Å². The van der Waals surface area contributed by atoms with E-state index in [2.05, 4.69) is 0 Å². The lowest BCUT2D eigenvalue weighted by Gasteiger charge is -2.28. The Labute approximate surface area is 101 Å². The molecule has 0 radical (unpaired) electrons. The average Bonchev–Trinajstić information content (AvgIpc) is 2.73. The third kappa shape index (κ3) is 3.48. The molecule has 0 amide bonds. The van der Waals surface area contributed by atoms with Gasteiger partial charge >= 0.3 is 0 Å². The Balaban J connectivity index is 1.85. The van der Waals surface area contributed by atoms with E-state index in [0.717, 1.165) is 0 Å². The zero-order valence-corrected chi connectivity index (χ0v) is 10.7. The van der Waals surface area contributed by atoms with Crippen LogP contribution >= 0.6 is 0 Å². The third-order valence-corrected chi connectivity index (χ3v) is 4.77. The quantitative estimate of drug-likeness (QED) is 0.694. The maximum absolute atomic E-state index is 10.5. The van der Waals surface area contributed by atoms with Crippen molar-refractivity contribution in [2.75, 3.05) is 0 Å². The highest BCUT2D eigenvalue weighted by molar-refractivity contribution is 4.79. The molecule has 2 aliphatic carbocycles. The van der Waals surface area contributed by atoms with Gasteiger partial charge in [0.15, 0.2) is 0 Å². The second-order valence-corrected chi connectivity index (χ2v) is 5.99. The molecule has 2 fully saturated rings. The van der Waals surface area contributed by atoms with E-state index in [-0.39, 0.29) is 6.10 Å². The summed E-state index contributed by atoms with van der Waals surface area (Å²) >= 11 is 0. The second kappa shape index (κ2) is 6.64. The largest absolute Gasteiger partial charge is 0.393 e. The van der Waals surface area contributed by atoms with Gasteiger partial charge in [0.1, 0.15) is 0 Å². The van der Waals surface area contributed by atoms with E-state index in [9.17, 15) is 5.11 Å². The molecule has 2 rings (SSSR count). The Morgan fingerprint density at radius 2 is 0.875 bits per heavy atom. The Morgan fingerprint density at radius 3 is 1.19 bits per heavy atom. The summed E-state index contributed by atoms with van der Waals surface area (Å²) in [5.74, 6) is 1.26. The molecular weight excluding hydrogens is 196 g/mol. The molecule has 94 valence electrons. The summed E-state index contributed by atoms with van der Waals surface area (Å²) < 4.78 is 0. The molecule has 0 heterocycles. The molecule has 2 aliphatic rings. The molecule has 0 aromatic carbocycles. The van der Waals surface area contributed by atoms with Crippen LogP contribution in [0.1, 0.15) is 77.0 Å². The molecule has 0 bridgehead atoms. The van der Waals surface area contributed by atoms with Crippen molar-refractivity contribution in [3.63, 3.8) is 0 Å². The fourth-order valence-corrected chi connectivity index (χ4v) is 3.69. The number of aliphatic hydroxyl groups is 1. The molecule has 16 heavy (non-hydrogen) atoms. The van der Waals surface area contributed by atoms with Crippen molar-refractivity contribution in [2.24, 2.45) is 11.8 Å². The minimum Gasteiger partial charge on any atom is -0.393 e. The molecular formula is C15H28O. The first kappa shape index (κ1) is 12.4. The molecule has 1 heteroatoms. The van der Waals surface area contributed by atoms with E-state index >= 15 is 0 Å². The van der Waals surface area contributed by atoms with Crippen LogP contribution in [-0.2, 0) is 0 Å². The summed E-state index contributed by atoms with van der Waals surface area (Å²) in [4.78, 5) is 0. The van der Waals surface area contributed by atoms with Crippen LogP contribution in [0.4, 0.5) is 0 Å². The van der Waals surface area contributed by atoms with Gasteiger partial charge in [-0.3, -0.25) is 0 Å². The standard InChI is InChI=1S/C15H28O/c16-15(13-9-5-1-2-6-10-13)14-11-7-3-4-8-12-14/h13-16H,1-12H2. The van der Waals surface area contributed by atoms with Crippen LogP contribution in [0.25, 0.3) is 0 Å². The predicted molar refractivity (Wildman–Crippen MR) is 68.4 cm³/mol. The number of aliphatic hydroxyl groups excluding tert-OH is 1. The van der Waals surface area contributed by atoms with Crippen molar-refractivity contribution in [1.29, 1.82) is 0 Å². The molecule has 0 saturated heterocycles. The van der Waals surface area contributed by atoms with Crippen LogP contribution in [-0.4, -0.2) is 11.2 Å². The highest BCUT2D eigenvalue weighted by Crippen LogP contribution is 2.34. The van der Waals surface area contributed by atoms with E-state index in [1.807, 2.05) is 0 Å². The fourth-order valence-electron chi connectivity index (χ4n) is 3.69. The van der Waals surface area contributed by atoms with Gasteiger partial charge in [0, 0.05) is 0 Å². The summed E-state index contributed by atoms with van der Waals surface area (Å²) in [6, 6.07) is 0. The molecule has 0 spiro atoms. The van der Waals surface area contributed by atoms with Crippen LogP contribution in [0.2, 0.25) is 0 Å². The molecule has 1 nitrogen and oxygen atoms in total. The number of hydrogen-bond donors (Lipinski definition) is 1. The van der Waals surface area contributed by atoms with Crippen molar-refractivity contribution in [3.8, 4) is 0 Å². The first-order chi connectivity index (χ1) is 7.88. The van der Waals surface area contributed by atoms with Gasteiger partial charge in [-0.2, -0.15) is 0 Å². The van der Waals surface area contributed by atoms with Gasteiger partial charge in [-0.15, -0.1) is 0 Å². The molecule has 2 saturated carbocycles. The monoisotopic (exact) mass is 224 g/mol. The van der Waals surface area contributed by atoms with Gasteiger partial charge in [0.25, 0.3) is 0 Å². The zero-order chi connectivity index (χ0) is 11.2. The molecule has 0 atom stereocenters. The zero-order valence-electron chi connectivity index (χ0n) is 10.7. The average molecular weight is 224 g/mol. The van der Waals surface area contributed by atoms with Gasteiger partial charge in [-0.05, 0) is 37.5 Å². The molecule has 0 aromatic heterocycles. The molecule has 1 N–H and O–H groups in total. The van der Waals surface area contributed by atoms with E-state index in [1.165, 1.54) is 77.0 Å². The van der Waals surface area contributed by atoms with Crippen molar-refractivity contribution >= 4 is 0 Å². The van der Waals surface area contributed by atoms with Crippen LogP contribution in [0.3, 0.4) is 0 Å². The summed E-state index contributed by atoms with van der Waals surface area (Å²) in [5.41, 5.74) is 0. The van der Waals surface area contributed by atoms with Gasteiger partial charge in [0.2, 0.25) is 0 Å². The summed E-state index contributed by atoms with van der Waals surface area (Å²) in [6.07, 6.45) is 16.2. The smallest absolute Gasteiger partial charge is 0.0596 e. The maximum atomic E-state index is 10.5. The normalized spacial score (nSPS) is 26.6. The minimum absolute atomic E-state index is 0.0243. The lowest BCUT2D eigenvalue weighted by molar-refractivity contribution is 0.0365. The minimum atomic E-state index is 0.0243. The Kier molecular flexibility index (Phi) is 5.15. The van der Waals surface area contributed by atoms with Crippen molar-refractivity contribution in [3.05, 3.63) is 0 Å². The summed E-state index contributed by atoms with van der Waals surface area (Å²) in [5, 5.41) is 10.5. The number of rotatable bonds is 2. The highest BCUT2D eigenvalue weighted by Gasteiger charge is 2.28. The molecule has 0 aliphatic heterocycles. The predicted octanol–water partition coefficient (Wildman–Crippen LogP) is 4.29. The Bertz CT molecular complexity index is 154. The molecule has 0 unspecified atom stereocenters. The van der Waals surface area contributed by atoms with Crippen LogP contribution < -0.4 is 0 Å².